The highest BCUT2D eigenvalue weighted by Crippen LogP contribution is 2.57. The van der Waals surface area contributed by atoms with Gasteiger partial charge >= 0.3 is 6.09 Å². The van der Waals surface area contributed by atoms with Crippen molar-refractivity contribution in [2.24, 2.45) is 0 Å². The summed E-state index contributed by atoms with van der Waals surface area (Å²) in [6, 6.07) is 6.44. The van der Waals surface area contributed by atoms with Crippen LogP contribution in [0.1, 0.15) is 56.2 Å². The molecule has 3 aliphatic heterocycles. The number of carbonyl (C=O) groups is 1. The monoisotopic (exact) mass is 393 g/mol. The minimum absolute atomic E-state index is 0.0483. The lowest BCUT2D eigenvalue weighted by atomic mass is 9.77. The van der Waals surface area contributed by atoms with E-state index in [9.17, 15) is 13.2 Å². The molecule has 0 unspecified atom stereocenters. The number of benzene rings is 1. The highest BCUT2D eigenvalue weighted by molar-refractivity contribution is 7.90. The Balaban J connectivity index is 1.62. The van der Waals surface area contributed by atoms with Gasteiger partial charge in [0.2, 0.25) is 10.0 Å². The minimum Gasteiger partial charge on any atom is -0.443 e. The average molecular weight is 394 g/mol. The van der Waals surface area contributed by atoms with Crippen molar-refractivity contribution in [3.05, 3.63) is 34.9 Å². The number of nitrogens with zero attached hydrogens (tertiary/aromatic N) is 1. The number of sulfonamides is 1. The van der Waals surface area contributed by atoms with Crippen molar-refractivity contribution < 1.29 is 22.7 Å². The van der Waals surface area contributed by atoms with Crippen molar-refractivity contribution in [2.75, 3.05) is 6.54 Å². The van der Waals surface area contributed by atoms with Crippen LogP contribution in [0, 0.1) is 13.8 Å². The van der Waals surface area contributed by atoms with Crippen LogP contribution in [0.15, 0.2) is 18.2 Å². The van der Waals surface area contributed by atoms with Crippen LogP contribution < -0.4 is 0 Å². The Kier molecular flexibility index (Phi) is 3.96. The van der Waals surface area contributed by atoms with Crippen molar-refractivity contribution in [2.45, 2.75) is 75.9 Å². The van der Waals surface area contributed by atoms with Crippen molar-refractivity contribution in [3.63, 3.8) is 0 Å². The Labute approximate surface area is 160 Å². The first-order valence-corrected chi connectivity index (χ1v) is 10.9. The van der Waals surface area contributed by atoms with E-state index in [1.165, 1.54) is 16.7 Å². The molecule has 2 bridgehead atoms. The molecule has 1 amide bonds. The largest absolute Gasteiger partial charge is 0.443 e. The third-order valence-electron chi connectivity index (χ3n) is 5.78. The van der Waals surface area contributed by atoms with E-state index in [2.05, 4.69) is 32.0 Å². The quantitative estimate of drug-likeness (QED) is 0.732. The Hall–Kier alpha value is -1.60. The van der Waals surface area contributed by atoms with Gasteiger partial charge in [0.05, 0.1) is 12.6 Å². The predicted octanol–water partition coefficient (Wildman–Crippen LogP) is 3.27. The summed E-state index contributed by atoms with van der Waals surface area (Å²) in [7, 11) is -3.76. The number of amides is 1. The fourth-order valence-corrected chi connectivity index (χ4v) is 7.05. The maximum atomic E-state index is 13.0. The van der Waals surface area contributed by atoms with Crippen molar-refractivity contribution in [3.8, 4) is 0 Å². The lowest BCUT2D eigenvalue weighted by molar-refractivity contribution is 0.000349. The van der Waals surface area contributed by atoms with Gasteiger partial charge in [0.15, 0.2) is 0 Å². The van der Waals surface area contributed by atoms with Crippen molar-refractivity contribution >= 4 is 16.1 Å². The molecule has 0 radical (unpaired) electrons. The summed E-state index contributed by atoms with van der Waals surface area (Å²) in [4.78, 5) is 12.5. The molecule has 3 heterocycles. The van der Waals surface area contributed by atoms with Gasteiger partial charge in [0.25, 0.3) is 0 Å². The molecule has 3 fully saturated rings. The molecule has 1 aromatic carbocycles. The predicted molar refractivity (Wildman–Crippen MR) is 101 cm³/mol. The third kappa shape index (κ3) is 2.95. The van der Waals surface area contributed by atoms with E-state index in [-0.39, 0.29) is 18.6 Å². The molecule has 6 nitrogen and oxygen atoms in total. The fourth-order valence-electron chi connectivity index (χ4n) is 4.90. The molecule has 7 heteroatoms. The summed E-state index contributed by atoms with van der Waals surface area (Å²) in [6.07, 6.45) is 0.122. The Morgan fingerprint density at radius 2 is 1.85 bits per heavy atom. The van der Waals surface area contributed by atoms with Gasteiger partial charge in [-0.3, -0.25) is 0 Å². The topological polar surface area (TPSA) is 72.9 Å². The van der Waals surface area contributed by atoms with E-state index in [4.69, 9.17) is 9.47 Å². The second kappa shape index (κ2) is 5.70. The van der Waals surface area contributed by atoms with E-state index >= 15 is 0 Å². The maximum absolute atomic E-state index is 13.0. The Morgan fingerprint density at radius 1 is 1.22 bits per heavy atom. The zero-order chi connectivity index (χ0) is 19.8. The lowest BCUT2D eigenvalue weighted by Gasteiger charge is -2.26. The van der Waals surface area contributed by atoms with E-state index in [1.54, 1.807) is 20.8 Å². The van der Waals surface area contributed by atoms with Gasteiger partial charge in [0.1, 0.15) is 16.5 Å². The average Bonchev–Trinajstić information content (AvgIpc) is 3.11. The second-order valence-corrected chi connectivity index (χ2v) is 11.2. The summed E-state index contributed by atoms with van der Waals surface area (Å²) in [5, 5.41) is -0.662. The minimum atomic E-state index is -3.76. The molecule has 4 atom stereocenters. The van der Waals surface area contributed by atoms with Crippen LogP contribution in [0.5, 0.6) is 0 Å². The third-order valence-corrected chi connectivity index (χ3v) is 8.01. The van der Waals surface area contributed by atoms with E-state index in [0.29, 0.717) is 12.8 Å². The Bertz CT molecular complexity index is 883. The van der Waals surface area contributed by atoms with E-state index in [0.717, 1.165) is 4.31 Å². The molecule has 3 aliphatic rings. The molecule has 0 saturated carbocycles. The maximum Gasteiger partial charge on any atom is 0.424 e. The molecule has 1 spiro atoms. The highest BCUT2D eigenvalue weighted by atomic mass is 32.2. The molecule has 0 aliphatic carbocycles. The summed E-state index contributed by atoms with van der Waals surface area (Å²) < 4.78 is 38.4. The molecule has 0 N–H and O–H groups in total. The molecular weight excluding hydrogens is 366 g/mol. The van der Waals surface area contributed by atoms with Gasteiger partial charge in [-0.1, -0.05) is 29.3 Å². The summed E-state index contributed by atoms with van der Waals surface area (Å²) in [5.41, 5.74) is 2.01. The number of aryl methyl sites for hydroxylation is 2. The first kappa shape index (κ1) is 18.7. The van der Waals surface area contributed by atoms with Gasteiger partial charge in [-0.25, -0.2) is 17.5 Å². The highest BCUT2D eigenvalue weighted by Gasteiger charge is 2.69. The molecular formula is C20H27NO5S. The van der Waals surface area contributed by atoms with Gasteiger partial charge in [-0.15, -0.1) is 0 Å². The zero-order valence-corrected chi connectivity index (χ0v) is 17.3. The van der Waals surface area contributed by atoms with Gasteiger partial charge < -0.3 is 9.47 Å². The van der Waals surface area contributed by atoms with Crippen LogP contribution in [0.2, 0.25) is 0 Å². The lowest BCUT2D eigenvalue weighted by Crippen LogP contribution is -2.40. The van der Waals surface area contributed by atoms with Crippen molar-refractivity contribution in [1.82, 2.24) is 4.31 Å². The Morgan fingerprint density at radius 3 is 2.44 bits per heavy atom. The van der Waals surface area contributed by atoms with Crippen LogP contribution >= 0.6 is 0 Å². The van der Waals surface area contributed by atoms with Crippen LogP contribution in [0.4, 0.5) is 4.79 Å². The molecule has 1 aromatic rings. The molecule has 148 valence electrons. The summed E-state index contributed by atoms with van der Waals surface area (Å²) in [6.45, 7) is 9.36. The molecule has 0 aromatic heterocycles. The SMILES string of the molecule is Cc1cc(C)cc([C@H]2C[C@]34CN(C(=O)OC(C)(C)C)S(=O)(=O)[C@H]3C[C@H]2O4)c1. The van der Waals surface area contributed by atoms with Gasteiger partial charge in [-0.2, -0.15) is 0 Å². The number of ether oxygens (including phenoxy) is 2. The first-order valence-electron chi connectivity index (χ1n) is 9.42. The summed E-state index contributed by atoms with van der Waals surface area (Å²) >= 11 is 0. The van der Waals surface area contributed by atoms with Crippen LogP contribution in [0.3, 0.4) is 0 Å². The van der Waals surface area contributed by atoms with Crippen LogP contribution in [-0.2, 0) is 19.5 Å². The molecule has 4 rings (SSSR count). The standard InChI is InChI=1S/C20H27NO5S/c1-12-6-13(2)8-14(7-12)15-10-20-11-21(18(22)26-19(3,4)5)27(23,24)17(20)9-16(15)25-20/h6-8,15-17H,9-11H2,1-5H3/t15-,16-,17+,20+/m1/s1. The normalized spacial score (nSPS) is 34.0. The smallest absolute Gasteiger partial charge is 0.424 e. The van der Waals surface area contributed by atoms with Crippen LogP contribution in [-0.4, -0.2) is 47.9 Å². The number of fused-ring (bicyclic) bond motifs is 1. The summed E-state index contributed by atoms with van der Waals surface area (Å²) in [5.74, 6) is 0.161. The number of hydrogen-bond acceptors (Lipinski definition) is 5. The van der Waals surface area contributed by atoms with Gasteiger partial charge in [0, 0.05) is 5.92 Å². The van der Waals surface area contributed by atoms with E-state index < -0.39 is 32.6 Å². The van der Waals surface area contributed by atoms with Gasteiger partial charge in [-0.05, 0) is 53.0 Å². The zero-order valence-electron chi connectivity index (χ0n) is 16.5. The number of rotatable bonds is 1. The van der Waals surface area contributed by atoms with E-state index in [1.807, 2.05) is 0 Å². The van der Waals surface area contributed by atoms with Crippen molar-refractivity contribution in [1.29, 1.82) is 0 Å². The second-order valence-electron chi connectivity index (χ2n) is 9.21. The number of carbonyl (C=O) groups excluding carboxylic acids is 1. The molecule has 3 saturated heterocycles. The fraction of sp³-hybridized carbons (Fsp3) is 0.650. The molecule has 27 heavy (non-hydrogen) atoms. The number of hydrogen-bond donors (Lipinski definition) is 0. The first-order chi connectivity index (χ1) is 12.4. The van der Waals surface area contributed by atoms with Crippen LogP contribution in [0.25, 0.3) is 0 Å².